The molecule has 2 aliphatic heterocycles. The van der Waals surface area contributed by atoms with Crippen LogP contribution in [0.1, 0.15) is 28.2 Å². The Hall–Kier alpha value is -2.95. The van der Waals surface area contributed by atoms with Gasteiger partial charge < -0.3 is 23.9 Å². The van der Waals surface area contributed by atoms with Gasteiger partial charge in [-0.3, -0.25) is 4.90 Å². The van der Waals surface area contributed by atoms with Crippen LogP contribution in [0.25, 0.3) is 11.0 Å². The zero-order chi connectivity index (χ0) is 26.9. The van der Waals surface area contributed by atoms with Crippen molar-refractivity contribution in [2.75, 3.05) is 19.7 Å². The van der Waals surface area contributed by atoms with Gasteiger partial charge in [-0.2, -0.15) is 13.5 Å². The lowest BCUT2D eigenvalue weighted by Crippen LogP contribution is -2.53. The first kappa shape index (κ1) is 28.6. The molecule has 0 radical (unpaired) electrons. The van der Waals surface area contributed by atoms with Gasteiger partial charge in [0.15, 0.2) is 0 Å². The number of carboxylic acid groups (broad SMARTS) is 1. The Kier molecular flexibility index (Phi) is 8.77. The molecule has 4 aromatic rings. The van der Waals surface area contributed by atoms with E-state index in [2.05, 4.69) is 9.47 Å². The number of benzene rings is 3. The van der Waals surface area contributed by atoms with E-state index >= 15 is 0 Å². The normalized spacial score (nSPS) is 17.1. The maximum absolute atomic E-state index is 11.5. The highest BCUT2D eigenvalue weighted by atomic mass is 35.5. The third kappa shape index (κ3) is 6.34. The molecule has 0 aliphatic carbocycles. The number of aromatic nitrogens is 2. The smallest absolute Gasteiger partial charge is 0.335 e. The van der Waals surface area contributed by atoms with Gasteiger partial charge in [-0.25, -0.2) is 9.78 Å². The zero-order valence-electron chi connectivity index (χ0n) is 21.6. The minimum absolute atomic E-state index is 0. The summed E-state index contributed by atoms with van der Waals surface area (Å²) >= 11 is 12.2. The molecule has 3 heterocycles. The molecule has 0 spiro atoms. The Morgan fingerprint density at radius 2 is 1.93 bits per heavy atom. The number of hydrogen-bond acceptors (Lipinski definition) is 6. The van der Waals surface area contributed by atoms with E-state index in [4.69, 9.17) is 42.4 Å². The van der Waals surface area contributed by atoms with Crippen LogP contribution in [0.3, 0.4) is 0 Å². The van der Waals surface area contributed by atoms with Crippen LogP contribution in [-0.2, 0) is 24.4 Å². The van der Waals surface area contributed by atoms with Crippen molar-refractivity contribution in [3.05, 3.63) is 87.7 Å². The summed E-state index contributed by atoms with van der Waals surface area (Å²) in [7, 11) is 0. The van der Waals surface area contributed by atoms with Gasteiger partial charge in [0.05, 0.1) is 40.8 Å². The molecule has 6 rings (SSSR count). The molecule has 1 N–H and O–H groups in total. The molecule has 2 saturated heterocycles. The Balaban J connectivity index is 0.00000323. The Morgan fingerprint density at radius 3 is 2.65 bits per heavy atom. The number of aromatic carboxylic acids is 1. The monoisotopic (exact) mass is 601 g/mol. The molecule has 11 heteroatoms. The van der Waals surface area contributed by atoms with Crippen molar-refractivity contribution in [1.82, 2.24) is 14.5 Å². The van der Waals surface area contributed by atoms with Gasteiger partial charge in [0.25, 0.3) is 0 Å². The van der Waals surface area contributed by atoms with Crippen LogP contribution in [0.2, 0.25) is 10.0 Å². The van der Waals surface area contributed by atoms with E-state index in [9.17, 15) is 9.90 Å². The predicted octanol–water partition coefficient (Wildman–Crippen LogP) is 5.79. The first-order valence-electron chi connectivity index (χ1n) is 12.8. The van der Waals surface area contributed by atoms with Gasteiger partial charge in [-0.05, 0) is 60.5 Å². The topological polar surface area (TPSA) is 86.0 Å². The number of carboxylic acids is 1. The molecule has 1 aromatic heterocycles. The number of ether oxygens (including phenoxy) is 3. The first-order chi connectivity index (χ1) is 18.9. The molecule has 0 unspecified atom stereocenters. The van der Waals surface area contributed by atoms with Crippen molar-refractivity contribution < 1.29 is 24.1 Å². The summed E-state index contributed by atoms with van der Waals surface area (Å²) in [5, 5.41) is 10.5. The summed E-state index contributed by atoms with van der Waals surface area (Å²) in [5.74, 6) is 1.33. The highest BCUT2D eigenvalue weighted by molar-refractivity contribution is 7.59. The van der Waals surface area contributed by atoms with E-state index in [0.717, 1.165) is 54.3 Å². The van der Waals surface area contributed by atoms with Crippen LogP contribution < -0.4 is 9.47 Å². The Bertz CT molecular complexity index is 1520. The average Bonchev–Trinajstić information content (AvgIpc) is 3.20. The minimum Gasteiger partial charge on any atom is -0.488 e. The van der Waals surface area contributed by atoms with Crippen molar-refractivity contribution in [3.8, 4) is 11.5 Å². The zero-order valence-corrected chi connectivity index (χ0v) is 24.1. The lowest BCUT2D eigenvalue weighted by Gasteiger charge is -2.39. The third-order valence-electron chi connectivity index (χ3n) is 7.03. The van der Waals surface area contributed by atoms with Crippen molar-refractivity contribution in [3.63, 3.8) is 0 Å². The van der Waals surface area contributed by atoms with Crippen LogP contribution in [0.15, 0.2) is 60.7 Å². The summed E-state index contributed by atoms with van der Waals surface area (Å²) in [6.45, 7) is 3.98. The van der Waals surface area contributed by atoms with E-state index < -0.39 is 5.97 Å². The van der Waals surface area contributed by atoms with Gasteiger partial charge in [-0.1, -0.05) is 35.3 Å². The quantitative estimate of drug-likeness (QED) is 0.246. The number of likely N-dealkylation sites (tertiary alicyclic amines) is 1. The summed E-state index contributed by atoms with van der Waals surface area (Å²) in [6.07, 6.45) is 1.20. The second-order valence-corrected chi connectivity index (χ2v) is 10.7. The molecule has 40 heavy (non-hydrogen) atoms. The van der Waals surface area contributed by atoms with Gasteiger partial charge in [0.2, 0.25) is 0 Å². The maximum atomic E-state index is 11.5. The fourth-order valence-corrected chi connectivity index (χ4v) is 5.31. The second-order valence-electron chi connectivity index (χ2n) is 9.87. The number of rotatable bonds is 10. The van der Waals surface area contributed by atoms with E-state index in [0.29, 0.717) is 35.5 Å². The van der Waals surface area contributed by atoms with Crippen molar-refractivity contribution in [2.24, 2.45) is 0 Å². The van der Waals surface area contributed by atoms with Crippen molar-refractivity contribution in [2.45, 2.75) is 38.3 Å². The van der Waals surface area contributed by atoms with Crippen LogP contribution in [0.5, 0.6) is 11.5 Å². The van der Waals surface area contributed by atoms with Gasteiger partial charge in [0.1, 0.15) is 30.0 Å². The first-order valence-corrected chi connectivity index (χ1v) is 13.6. The number of nitrogens with zero attached hydrogens (tertiary/aromatic N) is 3. The number of halogens is 2. The summed E-state index contributed by atoms with van der Waals surface area (Å²) < 4.78 is 19.8. The highest BCUT2D eigenvalue weighted by Crippen LogP contribution is 2.29. The second kappa shape index (κ2) is 12.3. The summed E-state index contributed by atoms with van der Waals surface area (Å²) in [6, 6.07) is 18.1. The molecule has 3 aromatic carbocycles. The third-order valence-corrected chi connectivity index (χ3v) is 7.56. The van der Waals surface area contributed by atoms with Gasteiger partial charge >= 0.3 is 5.97 Å². The van der Waals surface area contributed by atoms with E-state index in [-0.39, 0.29) is 31.3 Å². The Morgan fingerprint density at radius 1 is 1.10 bits per heavy atom. The molecule has 8 nitrogen and oxygen atoms in total. The van der Waals surface area contributed by atoms with E-state index in [1.807, 2.05) is 24.3 Å². The van der Waals surface area contributed by atoms with Crippen LogP contribution >= 0.6 is 36.7 Å². The fourth-order valence-electron chi connectivity index (χ4n) is 4.84. The molecule has 210 valence electrons. The SMILES string of the molecule is O=C(O)c1ccc2nc(CN3CC(Oc4cccc(COc5ccc(Cl)cc5Cl)c4)C3)n(C[C@@H]3CCO3)c2c1.S. The van der Waals surface area contributed by atoms with Crippen molar-refractivity contribution >= 4 is 53.7 Å². The molecule has 1 atom stereocenters. The number of hydrogen-bond donors (Lipinski definition) is 1. The molecule has 2 fully saturated rings. The standard InChI is InChI=1S/C29H27Cl2N3O5.H2S/c30-20-5-7-27(24(31)12-20)38-17-18-2-1-3-21(10-18)39-23-13-33(14-23)16-28-32-25-6-4-19(29(35)36)11-26(25)34(28)15-22-8-9-37-22;/h1-7,10-12,22-23H,8-9,13-17H2,(H,35,36);1H2/t22-;/m0./s1. The molecule has 0 bridgehead atoms. The largest absolute Gasteiger partial charge is 0.488 e. The maximum Gasteiger partial charge on any atom is 0.335 e. The Labute approximate surface area is 248 Å². The lowest BCUT2D eigenvalue weighted by atomic mass is 10.1. The van der Waals surface area contributed by atoms with Crippen molar-refractivity contribution in [1.29, 1.82) is 0 Å². The molecular weight excluding hydrogens is 573 g/mol. The highest BCUT2D eigenvalue weighted by Gasteiger charge is 2.31. The molecule has 2 aliphatic rings. The molecule has 0 saturated carbocycles. The van der Waals surface area contributed by atoms with Crippen LogP contribution in [-0.4, -0.2) is 57.4 Å². The van der Waals surface area contributed by atoms with Crippen LogP contribution in [0, 0.1) is 0 Å². The lowest BCUT2D eigenvalue weighted by molar-refractivity contribution is -0.0596. The minimum atomic E-state index is -0.946. The summed E-state index contributed by atoms with van der Waals surface area (Å²) in [5.41, 5.74) is 2.85. The summed E-state index contributed by atoms with van der Waals surface area (Å²) in [4.78, 5) is 18.6. The van der Waals surface area contributed by atoms with E-state index in [1.165, 1.54) is 0 Å². The van der Waals surface area contributed by atoms with E-state index in [1.54, 1.807) is 36.4 Å². The molecular formula is C29H29Cl2N3O5S. The number of carbonyl (C=O) groups is 1. The van der Waals surface area contributed by atoms with Crippen LogP contribution in [0.4, 0.5) is 0 Å². The average molecular weight is 603 g/mol. The van der Waals surface area contributed by atoms with Gasteiger partial charge in [-0.15, -0.1) is 0 Å². The molecule has 0 amide bonds. The predicted molar refractivity (Wildman–Crippen MR) is 158 cm³/mol. The number of fused-ring (bicyclic) bond motifs is 1. The number of imidazole rings is 1. The fraction of sp³-hybridized carbons (Fsp3) is 0.310. The van der Waals surface area contributed by atoms with Gasteiger partial charge in [0, 0.05) is 24.7 Å².